The van der Waals surface area contributed by atoms with Crippen molar-refractivity contribution in [3.63, 3.8) is 0 Å². The number of nitrogens with zero attached hydrogens (tertiary/aromatic N) is 8. The Bertz CT molecular complexity index is 2190. The van der Waals surface area contributed by atoms with Crippen LogP contribution in [0.1, 0.15) is 45.7 Å². The summed E-state index contributed by atoms with van der Waals surface area (Å²) in [5.74, 6) is 2.19. The summed E-state index contributed by atoms with van der Waals surface area (Å²) < 4.78 is 0. The van der Waals surface area contributed by atoms with Gasteiger partial charge in [-0.25, -0.2) is 19.9 Å². The van der Waals surface area contributed by atoms with Crippen molar-refractivity contribution in [2.75, 3.05) is 54.8 Å². The van der Waals surface area contributed by atoms with Crippen LogP contribution in [0.4, 0.5) is 17.3 Å². The van der Waals surface area contributed by atoms with E-state index in [1.54, 1.807) is 24.8 Å². The first-order valence-corrected chi connectivity index (χ1v) is 17.9. The molecule has 0 atom stereocenters. The van der Waals surface area contributed by atoms with E-state index < -0.39 is 0 Å². The molecule has 10 rings (SSSR count). The number of fused-ring (bicyclic) bond motifs is 2. The fourth-order valence-corrected chi connectivity index (χ4v) is 8.30. The Morgan fingerprint density at radius 1 is 0.680 bits per heavy atom. The molecule has 5 aromatic heterocycles. The second-order valence-electron chi connectivity index (χ2n) is 13.7. The smallest absolute Gasteiger partial charge is 0.264 e. The molecule has 254 valence electrons. The van der Waals surface area contributed by atoms with E-state index in [-0.39, 0.29) is 22.9 Å². The standard InChI is InChI=1S/C19H20N6O.C17H17N5OS/c20-14-3-1-13(2-4-14)18(26)25-10-9-24(11-19(25)6-7-19)17-15-5-8-21-16(15)22-12-23-17;23-16(13-2-1-9-24-13)22-8-7-21(10-17(22)4-5-17)15-12-3-6-18-14(12)19-11-20-15/h1-5,8,12H,6-7,9-11,20H2,(H,21,22,23);1-3,6,9,11H,4-5,7-8,10H2,(H,18,19,20). The van der Waals surface area contributed by atoms with E-state index in [0.29, 0.717) is 17.8 Å². The Labute approximate surface area is 292 Å². The van der Waals surface area contributed by atoms with E-state index in [0.717, 1.165) is 97.0 Å². The average Bonchev–Trinajstić information content (AvgIpc) is 3.76. The molecule has 2 saturated heterocycles. The van der Waals surface area contributed by atoms with Crippen LogP contribution >= 0.6 is 11.3 Å². The quantitative estimate of drug-likeness (QED) is 0.226. The molecule has 4 fully saturated rings. The zero-order chi connectivity index (χ0) is 33.9. The van der Waals surface area contributed by atoms with Crippen molar-refractivity contribution in [1.29, 1.82) is 0 Å². The van der Waals surface area contributed by atoms with Gasteiger partial charge in [-0.05, 0) is 73.5 Å². The number of nitrogens with one attached hydrogen (secondary N) is 2. The van der Waals surface area contributed by atoms with Crippen LogP contribution in [0.25, 0.3) is 22.1 Å². The van der Waals surface area contributed by atoms with E-state index in [1.807, 2.05) is 59.1 Å². The topological polar surface area (TPSA) is 156 Å². The van der Waals surface area contributed by atoms with Gasteiger partial charge in [0.25, 0.3) is 11.8 Å². The number of benzene rings is 1. The van der Waals surface area contributed by atoms with Crippen molar-refractivity contribution in [1.82, 2.24) is 39.7 Å². The largest absolute Gasteiger partial charge is 0.399 e. The Morgan fingerprint density at radius 2 is 1.22 bits per heavy atom. The third kappa shape index (κ3) is 5.30. The second kappa shape index (κ2) is 11.8. The molecule has 13 nitrogen and oxygen atoms in total. The van der Waals surface area contributed by atoms with Gasteiger partial charge in [0.2, 0.25) is 0 Å². The first-order chi connectivity index (χ1) is 24.4. The molecule has 7 heterocycles. The molecule has 4 aliphatic rings. The fraction of sp³-hybridized carbons (Fsp3) is 0.333. The maximum atomic E-state index is 13.0. The van der Waals surface area contributed by atoms with Crippen molar-refractivity contribution in [3.8, 4) is 0 Å². The Hall–Kier alpha value is -5.50. The van der Waals surface area contributed by atoms with Crippen molar-refractivity contribution >= 4 is 62.5 Å². The van der Waals surface area contributed by atoms with Gasteiger partial charge in [-0.3, -0.25) is 9.59 Å². The molecule has 6 aromatic rings. The molecule has 2 spiro atoms. The zero-order valence-corrected chi connectivity index (χ0v) is 28.3. The van der Waals surface area contributed by atoms with E-state index in [9.17, 15) is 9.59 Å². The van der Waals surface area contributed by atoms with E-state index in [1.165, 1.54) is 11.3 Å². The van der Waals surface area contributed by atoms with Gasteiger partial charge < -0.3 is 35.3 Å². The molecule has 14 heteroatoms. The number of rotatable bonds is 4. The monoisotopic (exact) mass is 687 g/mol. The summed E-state index contributed by atoms with van der Waals surface area (Å²) in [4.78, 5) is 59.2. The normalized spacial score (nSPS) is 18.8. The van der Waals surface area contributed by atoms with Crippen molar-refractivity contribution in [3.05, 3.63) is 89.4 Å². The Balaban J connectivity index is 0.000000135. The van der Waals surface area contributed by atoms with Crippen LogP contribution in [0.15, 0.2) is 79.0 Å². The molecule has 0 unspecified atom stereocenters. The van der Waals surface area contributed by atoms with Crippen LogP contribution in [0, 0.1) is 0 Å². The van der Waals surface area contributed by atoms with Crippen LogP contribution in [0.5, 0.6) is 0 Å². The first-order valence-electron chi connectivity index (χ1n) is 17.0. The van der Waals surface area contributed by atoms with Crippen molar-refractivity contribution in [2.45, 2.75) is 36.8 Å². The number of aromatic nitrogens is 6. The number of nitrogens with two attached hydrogens (primary N) is 1. The highest BCUT2D eigenvalue weighted by Crippen LogP contribution is 2.47. The van der Waals surface area contributed by atoms with Gasteiger partial charge in [-0.2, -0.15) is 0 Å². The molecule has 0 bridgehead atoms. The summed E-state index contributed by atoms with van der Waals surface area (Å²) in [6.45, 7) is 4.66. The van der Waals surface area contributed by atoms with E-state index >= 15 is 0 Å². The lowest BCUT2D eigenvalue weighted by Crippen LogP contribution is -2.57. The number of carbonyl (C=O) groups excluding carboxylic acids is 2. The molecule has 2 amide bonds. The van der Waals surface area contributed by atoms with Crippen LogP contribution in [-0.4, -0.2) is 102 Å². The summed E-state index contributed by atoms with van der Waals surface area (Å²) in [5.41, 5.74) is 8.73. The lowest BCUT2D eigenvalue weighted by molar-refractivity contribution is 0.0618. The highest BCUT2D eigenvalue weighted by Gasteiger charge is 2.54. The highest BCUT2D eigenvalue weighted by molar-refractivity contribution is 7.12. The number of carbonyl (C=O) groups is 2. The number of anilines is 3. The zero-order valence-electron chi connectivity index (χ0n) is 27.5. The minimum Gasteiger partial charge on any atom is -0.399 e. The van der Waals surface area contributed by atoms with Crippen LogP contribution in [-0.2, 0) is 0 Å². The predicted octanol–water partition coefficient (Wildman–Crippen LogP) is 4.55. The summed E-state index contributed by atoms with van der Waals surface area (Å²) in [7, 11) is 0. The number of hydrogen-bond acceptors (Lipinski definition) is 10. The lowest BCUT2D eigenvalue weighted by atomic mass is 10.1. The summed E-state index contributed by atoms with van der Waals surface area (Å²) in [5, 5.41) is 4.04. The predicted molar refractivity (Wildman–Crippen MR) is 193 cm³/mol. The third-order valence-corrected chi connectivity index (χ3v) is 11.5. The number of thiophene rings is 1. The SMILES string of the molecule is Nc1ccc(C(=O)N2CCN(c3ncnc4[nH]ccc34)CC23CC3)cc1.O=C(c1cccs1)N1CCN(c2ncnc3[nH]ccc23)CC12CC2. The number of hydrogen-bond donors (Lipinski definition) is 3. The van der Waals surface area contributed by atoms with Gasteiger partial charge in [-0.15, -0.1) is 11.3 Å². The molecular formula is C36H37N11O2S. The van der Waals surface area contributed by atoms with Gasteiger partial charge in [0, 0.05) is 62.9 Å². The molecule has 1 aromatic carbocycles. The highest BCUT2D eigenvalue weighted by atomic mass is 32.1. The van der Waals surface area contributed by atoms with Gasteiger partial charge in [0.1, 0.15) is 35.6 Å². The van der Waals surface area contributed by atoms with E-state index in [4.69, 9.17) is 5.73 Å². The molecular weight excluding hydrogens is 651 g/mol. The molecule has 2 saturated carbocycles. The van der Waals surface area contributed by atoms with Gasteiger partial charge in [-0.1, -0.05) is 6.07 Å². The minimum atomic E-state index is -0.0791. The summed E-state index contributed by atoms with van der Waals surface area (Å²) >= 11 is 1.52. The molecule has 0 radical (unpaired) electrons. The average molecular weight is 688 g/mol. The number of piperazine rings is 2. The first kappa shape index (κ1) is 30.6. The van der Waals surface area contributed by atoms with Gasteiger partial charge in [0.05, 0.1) is 26.7 Å². The summed E-state index contributed by atoms with van der Waals surface area (Å²) in [6, 6.07) is 15.1. The minimum absolute atomic E-state index is 0.0209. The van der Waals surface area contributed by atoms with Gasteiger partial charge in [0.15, 0.2) is 0 Å². The number of H-pyrrole nitrogens is 2. The maximum Gasteiger partial charge on any atom is 0.264 e. The van der Waals surface area contributed by atoms with Crippen molar-refractivity contribution in [2.24, 2.45) is 0 Å². The molecule has 2 aliphatic heterocycles. The molecule has 50 heavy (non-hydrogen) atoms. The second-order valence-corrected chi connectivity index (χ2v) is 14.6. The summed E-state index contributed by atoms with van der Waals surface area (Å²) in [6.07, 6.45) is 11.2. The number of aromatic amines is 2. The van der Waals surface area contributed by atoms with Crippen LogP contribution in [0.2, 0.25) is 0 Å². The van der Waals surface area contributed by atoms with E-state index in [2.05, 4.69) is 44.6 Å². The third-order valence-electron chi connectivity index (χ3n) is 10.6. The maximum absolute atomic E-state index is 13.0. The van der Waals surface area contributed by atoms with Crippen molar-refractivity contribution < 1.29 is 9.59 Å². The van der Waals surface area contributed by atoms with Gasteiger partial charge >= 0.3 is 0 Å². The van der Waals surface area contributed by atoms with Crippen LogP contribution in [0.3, 0.4) is 0 Å². The molecule has 4 N–H and O–H groups in total. The van der Waals surface area contributed by atoms with Crippen LogP contribution < -0.4 is 15.5 Å². The number of amides is 2. The Kier molecular flexibility index (Phi) is 7.23. The lowest BCUT2D eigenvalue weighted by Gasteiger charge is -2.42. The number of nitrogen functional groups attached to an aromatic ring is 1. The Morgan fingerprint density at radius 3 is 1.72 bits per heavy atom. The molecule has 2 aliphatic carbocycles. The fourth-order valence-electron chi connectivity index (χ4n) is 7.63.